The van der Waals surface area contributed by atoms with Gasteiger partial charge in [-0.2, -0.15) is 9.57 Å². The number of imidazole rings is 1. The van der Waals surface area contributed by atoms with Crippen LogP contribution in [0.25, 0.3) is 0 Å². The van der Waals surface area contributed by atoms with Crippen molar-refractivity contribution in [1.82, 2.24) is 13.9 Å². The van der Waals surface area contributed by atoms with Gasteiger partial charge in [0.05, 0.1) is 16.5 Å². The zero-order valence-corrected chi connectivity index (χ0v) is 16.9. The topological polar surface area (TPSA) is 79.0 Å². The van der Waals surface area contributed by atoms with Gasteiger partial charge in [-0.25, -0.2) is 13.4 Å². The molecule has 1 aliphatic heterocycles. The second-order valence-corrected chi connectivity index (χ2v) is 9.43. The Morgan fingerprint density at radius 3 is 2.63 bits per heavy atom. The van der Waals surface area contributed by atoms with Crippen molar-refractivity contribution in [2.24, 2.45) is 5.92 Å². The molecule has 3 rings (SSSR count). The van der Waals surface area contributed by atoms with E-state index in [4.69, 9.17) is 5.26 Å². The minimum atomic E-state index is -3.54. The molecule has 1 aliphatic rings. The van der Waals surface area contributed by atoms with Crippen LogP contribution in [0.4, 0.5) is 0 Å². The minimum Gasteiger partial charge on any atom is -0.330 e. The third kappa shape index (κ3) is 4.07. The molecule has 7 heteroatoms. The summed E-state index contributed by atoms with van der Waals surface area (Å²) in [5, 5.41) is 8.90. The van der Waals surface area contributed by atoms with Gasteiger partial charge in [-0.1, -0.05) is 0 Å². The van der Waals surface area contributed by atoms with Crippen LogP contribution in [0.5, 0.6) is 0 Å². The van der Waals surface area contributed by atoms with Gasteiger partial charge < -0.3 is 4.57 Å². The van der Waals surface area contributed by atoms with Crippen LogP contribution in [-0.2, 0) is 16.4 Å². The van der Waals surface area contributed by atoms with Crippen LogP contribution in [0.15, 0.2) is 35.4 Å². The number of sulfonamides is 1. The van der Waals surface area contributed by atoms with E-state index in [-0.39, 0.29) is 10.8 Å². The van der Waals surface area contributed by atoms with Crippen molar-refractivity contribution in [3.05, 3.63) is 47.5 Å². The fraction of sp³-hybridized carbons (Fsp3) is 0.500. The van der Waals surface area contributed by atoms with Crippen LogP contribution in [0, 0.1) is 24.2 Å². The molecule has 6 nitrogen and oxygen atoms in total. The molecule has 0 amide bonds. The summed E-state index contributed by atoms with van der Waals surface area (Å²) in [5.41, 5.74) is 1.60. The highest BCUT2D eigenvalue weighted by atomic mass is 32.2. The molecule has 2 heterocycles. The Morgan fingerprint density at radius 1 is 1.30 bits per heavy atom. The molecule has 1 aromatic heterocycles. The Bertz CT molecular complexity index is 939. The van der Waals surface area contributed by atoms with Crippen LogP contribution in [0.1, 0.15) is 49.8 Å². The number of nitriles is 1. The van der Waals surface area contributed by atoms with Crippen molar-refractivity contribution in [2.75, 3.05) is 13.1 Å². The first kappa shape index (κ1) is 19.6. The Hall–Kier alpha value is -2.17. The van der Waals surface area contributed by atoms with Crippen molar-refractivity contribution in [3.8, 4) is 6.07 Å². The molecule has 0 N–H and O–H groups in total. The van der Waals surface area contributed by atoms with E-state index in [0.717, 1.165) is 30.8 Å². The molecule has 1 unspecified atom stereocenters. The summed E-state index contributed by atoms with van der Waals surface area (Å²) in [4.78, 5) is 4.81. The van der Waals surface area contributed by atoms with E-state index in [1.807, 2.05) is 12.3 Å². The molecular formula is C20H26N4O2S. The standard InChI is InChI=1S/C20H26N4O2S/c1-15(2)24-16(3)13-22-20(24)11-18-5-4-10-23(14-18)27(25,26)19-8-6-17(12-21)7-9-19/h6-9,13,15,18H,4-5,10-11,14H2,1-3H3. The predicted octanol–water partition coefficient (Wildman–Crippen LogP) is 3.29. The minimum absolute atomic E-state index is 0.252. The number of aryl methyl sites for hydroxylation is 1. The molecule has 1 atom stereocenters. The number of benzene rings is 1. The largest absolute Gasteiger partial charge is 0.330 e. The lowest BCUT2D eigenvalue weighted by atomic mass is 9.96. The van der Waals surface area contributed by atoms with E-state index in [9.17, 15) is 8.42 Å². The zero-order valence-electron chi connectivity index (χ0n) is 16.1. The lowest BCUT2D eigenvalue weighted by Gasteiger charge is -2.32. The summed E-state index contributed by atoms with van der Waals surface area (Å²) in [6, 6.07) is 8.50. The third-order valence-electron chi connectivity index (χ3n) is 5.15. The predicted molar refractivity (Wildman–Crippen MR) is 104 cm³/mol. The van der Waals surface area contributed by atoms with Crippen LogP contribution in [-0.4, -0.2) is 35.4 Å². The van der Waals surface area contributed by atoms with Crippen molar-refractivity contribution in [1.29, 1.82) is 5.26 Å². The summed E-state index contributed by atoms with van der Waals surface area (Å²) in [5.74, 6) is 1.29. The van der Waals surface area contributed by atoms with E-state index >= 15 is 0 Å². The van der Waals surface area contributed by atoms with Crippen molar-refractivity contribution in [2.45, 2.75) is 51.0 Å². The van der Waals surface area contributed by atoms with Gasteiger partial charge in [0.15, 0.2) is 0 Å². The zero-order chi connectivity index (χ0) is 19.6. The first-order chi connectivity index (χ1) is 12.8. The maximum absolute atomic E-state index is 13.0. The van der Waals surface area contributed by atoms with E-state index < -0.39 is 10.0 Å². The highest BCUT2D eigenvalue weighted by Crippen LogP contribution is 2.27. The average Bonchev–Trinajstić information content (AvgIpc) is 3.02. The van der Waals surface area contributed by atoms with Crippen molar-refractivity contribution < 1.29 is 8.42 Å². The maximum Gasteiger partial charge on any atom is 0.243 e. The first-order valence-corrected chi connectivity index (χ1v) is 10.8. The Labute approximate surface area is 161 Å². The third-order valence-corrected chi connectivity index (χ3v) is 7.03. The van der Waals surface area contributed by atoms with Gasteiger partial charge in [-0.3, -0.25) is 0 Å². The monoisotopic (exact) mass is 386 g/mol. The van der Waals surface area contributed by atoms with Crippen molar-refractivity contribution in [3.63, 3.8) is 0 Å². The van der Waals surface area contributed by atoms with E-state index in [0.29, 0.717) is 24.7 Å². The SMILES string of the molecule is Cc1cnc(CC2CCCN(S(=O)(=O)c3ccc(C#N)cc3)C2)n1C(C)C. The van der Waals surface area contributed by atoms with Crippen LogP contribution in [0.3, 0.4) is 0 Å². The van der Waals surface area contributed by atoms with Gasteiger partial charge in [0.2, 0.25) is 10.0 Å². The number of rotatable bonds is 5. The summed E-state index contributed by atoms with van der Waals surface area (Å²) in [6.45, 7) is 7.38. The Morgan fingerprint density at radius 2 is 2.00 bits per heavy atom. The van der Waals surface area contributed by atoms with E-state index in [2.05, 4.69) is 30.3 Å². The maximum atomic E-state index is 13.0. The Balaban J connectivity index is 1.76. The molecular weight excluding hydrogens is 360 g/mol. The molecule has 0 bridgehead atoms. The van der Waals surface area contributed by atoms with E-state index in [1.165, 1.54) is 12.1 Å². The van der Waals surface area contributed by atoms with E-state index in [1.54, 1.807) is 16.4 Å². The molecule has 0 radical (unpaired) electrons. The van der Waals surface area contributed by atoms with Crippen LogP contribution in [0.2, 0.25) is 0 Å². The summed E-state index contributed by atoms with van der Waals surface area (Å²) >= 11 is 0. The van der Waals surface area contributed by atoms with Crippen LogP contribution >= 0.6 is 0 Å². The summed E-state index contributed by atoms with van der Waals surface area (Å²) in [7, 11) is -3.54. The van der Waals surface area contributed by atoms with Gasteiger partial charge in [0.1, 0.15) is 5.82 Å². The molecule has 27 heavy (non-hydrogen) atoms. The van der Waals surface area contributed by atoms with Gasteiger partial charge in [-0.15, -0.1) is 0 Å². The molecule has 1 aromatic carbocycles. The molecule has 2 aromatic rings. The normalized spacial score (nSPS) is 18.6. The fourth-order valence-corrected chi connectivity index (χ4v) is 5.43. The van der Waals surface area contributed by atoms with Gasteiger partial charge in [-0.05, 0) is 63.8 Å². The first-order valence-electron chi connectivity index (χ1n) is 9.36. The number of nitrogens with zero attached hydrogens (tertiary/aromatic N) is 4. The smallest absolute Gasteiger partial charge is 0.243 e. The summed E-state index contributed by atoms with van der Waals surface area (Å²) in [6.07, 6.45) is 4.53. The average molecular weight is 387 g/mol. The second kappa shape index (κ2) is 7.83. The lowest BCUT2D eigenvalue weighted by molar-refractivity contribution is 0.260. The van der Waals surface area contributed by atoms with Crippen molar-refractivity contribution >= 4 is 10.0 Å². The van der Waals surface area contributed by atoms with Gasteiger partial charge in [0.25, 0.3) is 0 Å². The highest BCUT2D eigenvalue weighted by Gasteiger charge is 2.31. The Kier molecular flexibility index (Phi) is 5.68. The second-order valence-electron chi connectivity index (χ2n) is 7.49. The molecule has 0 saturated carbocycles. The summed E-state index contributed by atoms with van der Waals surface area (Å²) < 4.78 is 29.8. The van der Waals surface area contributed by atoms with Gasteiger partial charge in [0, 0.05) is 37.4 Å². The number of piperidine rings is 1. The highest BCUT2D eigenvalue weighted by molar-refractivity contribution is 7.89. The van der Waals surface area contributed by atoms with Crippen LogP contribution < -0.4 is 0 Å². The molecule has 1 fully saturated rings. The number of hydrogen-bond acceptors (Lipinski definition) is 4. The number of hydrogen-bond donors (Lipinski definition) is 0. The molecule has 1 saturated heterocycles. The molecule has 0 spiro atoms. The molecule has 0 aliphatic carbocycles. The van der Waals surface area contributed by atoms with Gasteiger partial charge >= 0.3 is 0 Å². The number of aromatic nitrogens is 2. The quantitative estimate of drug-likeness (QED) is 0.790. The lowest BCUT2D eigenvalue weighted by Crippen LogP contribution is -2.40. The molecule has 144 valence electrons. The fourth-order valence-electron chi connectivity index (χ4n) is 3.87.